The summed E-state index contributed by atoms with van der Waals surface area (Å²) in [5.74, 6) is 0.157. The Morgan fingerprint density at radius 1 is 1.15 bits per heavy atom. The normalized spacial score (nSPS) is 15.1. The zero-order valence-corrected chi connectivity index (χ0v) is 12.1. The van der Waals surface area contributed by atoms with Crippen LogP contribution in [-0.4, -0.2) is 54.3 Å². The van der Waals surface area contributed by atoms with E-state index in [-0.39, 0.29) is 11.8 Å². The molecular formula is C15H21N3O2. The monoisotopic (exact) mass is 275 g/mol. The highest BCUT2D eigenvalue weighted by Crippen LogP contribution is 2.09. The van der Waals surface area contributed by atoms with Crippen molar-refractivity contribution in [1.29, 1.82) is 0 Å². The fourth-order valence-corrected chi connectivity index (χ4v) is 2.32. The van der Waals surface area contributed by atoms with E-state index in [0.29, 0.717) is 32.7 Å². The zero-order chi connectivity index (χ0) is 14.5. The summed E-state index contributed by atoms with van der Waals surface area (Å²) in [4.78, 5) is 26.9. The van der Waals surface area contributed by atoms with E-state index in [2.05, 4.69) is 5.32 Å². The molecule has 1 aliphatic heterocycles. The van der Waals surface area contributed by atoms with Crippen LogP contribution in [0.2, 0.25) is 0 Å². The minimum atomic E-state index is 0.0784. The van der Waals surface area contributed by atoms with Gasteiger partial charge in [0.1, 0.15) is 0 Å². The molecule has 5 heteroatoms. The van der Waals surface area contributed by atoms with Crippen molar-refractivity contribution in [1.82, 2.24) is 9.80 Å². The van der Waals surface area contributed by atoms with Crippen LogP contribution in [0.25, 0.3) is 0 Å². The van der Waals surface area contributed by atoms with E-state index in [1.807, 2.05) is 36.1 Å². The van der Waals surface area contributed by atoms with Crippen molar-refractivity contribution in [3.8, 4) is 0 Å². The van der Waals surface area contributed by atoms with E-state index in [0.717, 1.165) is 11.3 Å². The van der Waals surface area contributed by atoms with Gasteiger partial charge in [-0.15, -0.1) is 0 Å². The van der Waals surface area contributed by atoms with Crippen molar-refractivity contribution in [2.45, 2.75) is 13.8 Å². The van der Waals surface area contributed by atoms with Crippen LogP contribution >= 0.6 is 0 Å². The molecule has 0 spiro atoms. The number of rotatable bonds is 3. The number of anilines is 1. The van der Waals surface area contributed by atoms with Gasteiger partial charge in [-0.1, -0.05) is 12.1 Å². The molecule has 0 bridgehead atoms. The molecule has 5 nitrogen and oxygen atoms in total. The SMILES string of the molecule is CC(=O)N1CCN(C(=O)CNc2cccc(C)c2)CC1. The lowest BCUT2D eigenvalue weighted by Gasteiger charge is -2.34. The average Bonchev–Trinajstić information content (AvgIpc) is 2.45. The molecule has 0 saturated carbocycles. The Morgan fingerprint density at radius 3 is 2.40 bits per heavy atom. The minimum Gasteiger partial charge on any atom is -0.376 e. The lowest BCUT2D eigenvalue weighted by atomic mass is 10.2. The first-order valence-electron chi connectivity index (χ1n) is 6.90. The summed E-state index contributed by atoms with van der Waals surface area (Å²) in [6.07, 6.45) is 0. The van der Waals surface area contributed by atoms with Crippen LogP contribution in [0, 0.1) is 6.92 Å². The maximum absolute atomic E-state index is 12.1. The lowest BCUT2D eigenvalue weighted by Crippen LogP contribution is -2.51. The van der Waals surface area contributed by atoms with Gasteiger partial charge in [-0.05, 0) is 24.6 Å². The van der Waals surface area contributed by atoms with Gasteiger partial charge in [-0.2, -0.15) is 0 Å². The van der Waals surface area contributed by atoms with Crippen LogP contribution in [0.15, 0.2) is 24.3 Å². The molecule has 1 saturated heterocycles. The smallest absolute Gasteiger partial charge is 0.241 e. The molecule has 1 aromatic carbocycles. The van der Waals surface area contributed by atoms with Gasteiger partial charge in [-0.3, -0.25) is 9.59 Å². The van der Waals surface area contributed by atoms with E-state index in [1.165, 1.54) is 0 Å². The Balaban J connectivity index is 1.80. The van der Waals surface area contributed by atoms with E-state index >= 15 is 0 Å². The van der Waals surface area contributed by atoms with Crippen molar-refractivity contribution in [3.63, 3.8) is 0 Å². The number of piperazine rings is 1. The number of hydrogen-bond acceptors (Lipinski definition) is 3. The Hall–Kier alpha value is -2.04. The summed E-state index contributed by atoms with van der Waals surface area (Å²) in [7, 11) is 0. The molecule has 1 aliphatic rings. The molecule has 0 atom stereocenters. The highest BCUT2D eigenvalue weighted by atomic mass is 16.2. The molecule has 0 aromatic heterocycles. The molecular weight excluding hydrogens is 254 g/mol. The number of carbonyl (C=O) groups excluding carboxylic acids is 2. The third kappa shape index (κ3) is 3.73. The molecule has 1 aromatic rings. The summed E-state index contributed by atoms with van der Waals surface area (Å²) in [5, 5.41) is 3.14. The zero-order valence-electron chi connectivity index (χ0n) is 12.1. The molecule has 108 valence electrons. The largest absolute Gasteiger partial charge is 0.376 e. The van der Waals surface area contributed by atoms with E-state index in [4.69, 9.17) is 0 Å². The molecule has 1 fully saturated rings. The topological polar surface area (TPSA) is 52.7 Å². The number of nitrogens with one attached hydrogen (secondary N) is 1. The molecule has 0 radical (unpaired) electrons. The maximum atomic E-state index is 12.1. The molecule has 0 aliphatic carbocycles. The summed E-state index contributed by atoms with van der Waals surface area (Å²) >= 11 is 0. The number of hydrogen-bond donors (Lipinski definition) is 1. The van der Waals surface area contributed by atoms with Crippen molar-refractivity contribution < 1.29 is 9.59 Å². The number of benzene rings is 1. The molecule has 0 unspecified atom stereocenters. The highest BCUT2D eigenvalue weighted by Gasteiger charge is 2.21. The maximum Gasteiger partial charge on any atom is 0.241 e. The molecule has 2 amide bonds. The van der Waals surface area contributed by atoms with Crippen LogP contribution < -0.4 is 5.32 Å². The van der Waals surface area contributed by atoms with Gasteiger partial charge in [0.2, 0.25) is 11.8 Å². The number of amides is 2. The predicted octanol–water partition coefficient (Wildman–Crippen LogP) is 1.10. The summed E-state index contributed by atoms with van der Waals surface area (Å²) in [6.45, 7) is 6.38. The predicted molar refractivity (Wildman–Crippen MR) is 78.5 cm³/mol. The Labute approximate surface area is 119 Å². The van der Waals surface area contributed by atoms with Gasteiger partial charge in [-0.25, -0.2) is 0 Å². The van der Waals surface area contributed by atoms with Crippen molar-refractivity contribution in [2.75, 3.05) is 38.0 Å². The Kier molecular flexibility index (Phi) is 4.61. The number of carbonyl (C=O) groups is 2. The fourth-order valence-electron chi connectivity index (χ4n) is 2.32. The number of aryl methyl sites for hydroxylation is 1. The van der Waals surface area contributed by atoms with Gasteiger partial charge in [0.25, 0.3) is 0 Å². The van der Waals surface area contributed by atoms with Crippen molar-refractivity contribution in [2.24, 2.45) is 0 Å². The second kappa shape index (κ2) is 6.41. The Bertz CT molecular complexity index is 494. The van der Waals surface area contributed by atoms with Crippen LogP contribution in [-0.2, 0) is 9.59 Å². The lowest BCUT2D eigenvalue weighted by molar-refractivity contribution is -0.137. The fraction of sp³-hybridized carbons (Fsp3) is 0.467. The highest BCUT2D eigenvalue weighted by molar-refractivity contribution is 5.81. The van der Waals surface area contributed by atoms with Crippen molar-refractivity contribution >= 4 is 17.5 Å². The van der Waals surface area contributed by atoms with Crippen LogP contribution in [0.5, 0.6) is 0 Å². The molecule has 2 rings (SSSR count). The first-order valence-corrected chi connectivity index (χ1v) is 6.90. The van der Waals surface area contributed by atoms with Crippen LogP contribution in [0.3, 0.4) is 0 Å². The second-order valence-corrected chi connectivity index (χ2v) is 5.11. The average molecular weight is 275 g/mol. The summed E-state index contributed by atoms with van der Waals surface area (Å²) < 4.78 is 0. The summed E-state index contributed by atoms with van der Waals surface area (Å²) in [5.41, 5.74) is 2.12. The van der Waals surface area contributed by atoms with E-state index < -0.39 is 0 Å². The van der Waals surface area contributed by atoms with E-state index in [1.54, 1.807) is 11.8 Å². The van der Waals surface area contributed by atoms with Gasteiger partial charge < -0.3 is 15.1 Å². The molecule has 1 heterocycles. The third-order valence-corrected chi connectivity index (χ3v) is 3.54. The number of nitrogens with zero attached hydrogens (tertiary/aromatic N) is 2. The van der Waals surface area contributed by atoms with E-state index in [9.17, 15) is 9.59 Å². The second-order valence-electron chi connectivity index (χ2n) is 5.11. The Morgan fingerprint density at radius 2 is 1.80 bits per heavy atom. The van der Waals surface area contributed by atoms with Crippen molar-refractivity contribution in [3.05, 3.63) is 29.8 Å². The molecule has 1 N–H and O–H groups in total. The van der Waals surface area contributed by atoms with Crippen LogP contribution in [0.4, 0.5) is 5.69 Å². The standard InChI is InChI=1S/C15H21N3O2/c1-12-4-3-5-14(10-12)16-11-15(20)18-8-6-17(7-9-18)13(2)19/h3-5,10,16H,6-9,11H2,1-2H3. The quantitative estimate of drug-likeness (QED) is 0.898. The minimum absolute atomic E-state index is 0.0784. The van der Waals surface area contributed by atoms with Gasteiger partial charge in [0.15, 0.2) is 0 Å². The van der Waals surface area contributed by atoms with Gasteiger partial charge >= 0.3 is 0 Å². The van der Waals surface area contributed by atoms with Gasteiger partial charge in [0.05, 0.1) is 6.54 Å². The first-order chi connectivity index (χ1) is 9.56. The summed E-state index contributed by atoms with van der Waals surface area (Å²) in [6, 6.07) is 7.96. The van der Waals surface area contributed by atoms with Gasteiger partial charge in [0, 0.05) is 38.8 Å². The third-order valence-electron chi connectivity index (χ3n) is 3.54. The molecule has 20 heavy (non-hydrogen) atoms. The first kappa shape index (κ1) is 14.4. The van der Waals surface area contributed by atoms with Crippen LogP contribution in [0.1, 0.15) is 12.5 Å².